The van der Waals surface area contributed by atoms with Crippen LogP contribution in [0.2, 0.25) is 5.02 Å². The third kappa shape index (κ3) is 5.23. The van der Waals surface area contributed by atoms with Crippen LogP contribution >= 0.6 is 11.6 Å². The molecule has 4 aromatic rings. The van der Waals surface area contributed by atoms with Crippen LogP contribution in [0.15, 0.2) is 61.3 Å². The molecule has 3 aromatic heterocycles. The lowest BCUT2D eigenvalue weighted by molar-refractivity contribution is -0.125. The number of rotatable bonds is 8. The van der Waals surface area contributed by atoms with Crippen LogP contribution in [0.3, 0.4) is 0 Å². The highest BCUT2D eigenvalue weighted by Crippen LogP contribution is 2.31. The number of carbonyl (C=O) groups excluding carboxylic acids is 2. The number of nitrogens with one attached hydrogen (secondary N) is 3. The number of anilines is 1. The molecule has 1 aromatic carbocycles. The van der Waals surface area contributed by atoms with Crippen LogP contribution < -0.4 is 10.6 Å². The monoisotopic (exact) mass is 502 g/mol. The average molecular weight is 503 g/mol. The van der Waals surface area contributed by atoms with E-state index in [1.807, 2.05) is 18.3 Å². The fourth-order valence-corrected chi connectivity index (χ4v) is 4.98. The molecule has 0 unspecified atom stereocenters. The van der Waals surface area contributed by atoms with Crippen molar-refractivity contribution in [1.29, 1.82) is 0 Å². The number of nitrogens with zero attached hydrogens (tertiary/aromatic N) is 3. The molecule has 8 nitrogen and oxygen atoms in total. The molecule has 36 heavy (non-hydrogen) atoms. The summed E-state index contributed by atoms with van der Waals surface area (Å²) in [6.07, 6.45) is 10.7. The van der Waals surface area contributed by atoms with Crippen molar-refractivity contribution >= 4 is 40.1 Å². The second-order valence-electron chi connectivity index (χ2n) is 9.05. The van der Waals surface area contributed by atoms with E-state index in [9.17, 15) is 9.59 Å². The molecule has 5 rings (SSSR count). The Kier molecular flexibility index (Phi) is 7.23. The number of amides is 1. The Morgan fingerprint density at radius 1 is 1.03 bits per heavy atom. The largest absolute Gasteiger partial charge is 0.367 e. The first-order valence-electron chi connectivity index (χ1n) is 12.1. The second kappa shape index (κ2) is 10.9. The van der Waals surface area contributed by atoms with Crippen LogP contribution in [-0.2, 0) is 11.2 Å². The quantitative estimate of drug-likeness (QED) is 0.304. The molecule has 184 valence electrons. The third-order valence-corrected chi connectivity index (χ3v) is 7.04. The smallest absolute Gasteiger partial charge is 0.223 e. The van der Waals surface area contributed by atoms with Gasteiger partial charge < -0.3 is 15.6 Å². The Morgan fingerprint density at radius 2 is 1.86 bits per heavy atom. The number of benzene rings is 1. The van der Waals surface area contributed by atoms with E-state index in [0.717, 1.165) is 37.7 Å². The highest BCUT2D eigenvalue weighted by atomic mass is 35.5. The maximum absolute atomic E-state index is 13.2. The van der Waals surface area contributed by atoms with Crippen molar-refractivity contribution < 1.29 is 9.59 Å². The number of fused-ring (bicyclic) bond motifs is 1. The number of aromatic nitrogens is 4. The van der Waals surface area contributed by atoms with E-state index in [0.29, 0.717) is 39.5 Å². The third-order valence-electron chi connectivity index (χ3n) is 6.71. The molecule has 1 aliphatic rings. The van der Waals surface area contributed by atoms with E-state index >= 15 is 0 Å². The fourth-order valence-electron chi connectivity index (χ4n) is 4.76. The fraction of sp³-hybridized carbons (Fsp3) is 0.296. The molecule has 1 amide bonds. The van der Waals surface area contributed by atoms with Gasteiger partial charge in [0.2, 0.25) is 5.91 Å². The van der Waals surface area contributed by atoms with E-state index in [1.54, 1.807) is 36.7 Å². The zero-order valence-electron chi connectivity index (χ0n) is 19.7. The zero-order valence-corrected chi connectivity index (χ0v) is 20.5. The standard InChI is InChI=1S/C27H27ClN6O2/c28-22-6-2-1-5-20(22)24(35)21-15-31-25-23(21)26(33-16-32-25)34-19-9-7-18(8-10-19)27(36)30-13-11-17-4-3-12-29-14-17/h1-6,12,14-16,18-19H,7-11,13H2,(H,30,36)(H2,31,32,33,34). The Labute approximate surface area is 213 Å². The molecule has 0 bridgehead atoms. The normalized spacial score (nSPS) is 17.6. The summed E-state index contributed by atoms with van der Waals surface area (Å²) >= 11 is 6.27. The van der Waals surface area contributed by atoms with E-state index in [2.05, 4.69) is 30.6 Å². The number of H-pyrrole nitrogens is 1. The van der Waals surface area contributed by atoms with Gasteiger partial charge in [0.05, 0.1) is 16.0 Å². The lowest BCUT2D eigenvalue weighted by Crippen LogP contribution is -2.36. The van der Waals surface area contributed by atoms with Gasteiger partial charge >= 0.3 is 0 Å². The topological polar surface area (TPSA) is 113 Å². The van der Waals surface area contributed by atoms with Crippen molar-refractivity contribution in [3.05, 3.63) is 83.0 Å². The first-order valence-corrected chi connectivity index (χ1v) is 12.5. The molecule has 1 fully saturated rings. The summed E-state index contributed by atoms with van der Waals surface area (Å²) in [6.45, 7) is 0.608. The highest BCUT2D eigenvalue weighted by molar-refractivity contribution is 6.35. The van der Waals surface area contributed by atoms with Crippen LogP contribution in [0.4, 0.5) is 5.82 Å². The van der Waals surface area contributed by atoms with Gasteiger partial charge in [0, 0.05) is 42.7 Å². The van der Waals surface area contributed by atoms with Crippen molar-refractivity contribution in [3.63, 3.8) is 0 Å². The van der Waals surface area contributed by atoms with Gasteiger partial charge in [0.1, 0.15) is 17.8 Å². The SMILES string of the molecule is O=C(c1ccccc1Cl)c1c[nH]c2ncnc(NC3CCC(C(=O)NCCc4cccnc4)CC3)c12. The molecular weight excluding hydrogens is 476 g/mol. The van der Waals surface area contributed by atoms with Crippen LogP contribution in [0, 0.1) is 5.92 Å². The highest BCUT2D eigenvalue weighted by Gasteiger charge is 2.27. The van der Waals surface area contributed by atoms with E-state index in [1.165, 1.54) is 6.33 Å². The number of hydrogen-bond acceptors (Lipinski definition) is 6. The Bertz CT molecular complexity index is 1370. The van der Waals surface area contributed by atoms with Crippen LogP contribution in [-0.4, -0.2) is 44.2 Å². The first kappa shape index (κ1) is 23.9. The molecule has 1 aliphatic carbocycles. The second-order valence-corrected chi connectivity index (χ2v) is 9.46. The maximum Gasteiger partial charge on any atom is 0.223 e. The molecular formula is C27H27ClN6O2. The number of pyridine rings is 1. The van der Waals surface area contributed by atoms with Crippen molar-refractivity contribution in [1.82, 2.24) is 25.3 Å². The lowest BCUT2D eigenvalue weighted by atomic mass is 9.85. The van der Waals surface area contributed by atoms with Crippen LogP contribution in [0.5, 0.6) is 0 Å². The summed E-state index contributed by atoms with van der Waals surface area (Å²) in [7, 11) is 0. The van der Waals surface area contributed by atoms with Gasteiger partial charge in [0.15, 0.2) is 5.78 Å². The zero-order chi connectivity index (χ0) is 24.9. The molecule has 0 saturated heterocycles. The molecule has 0 spiro atoms. The molecule has 3 heterocycles. The minimum Gasteiger partial charge on any atom is -0.367 e. The van der Waals surface area contributed by atoms with E-state index < -0.39 is 0 Å². The minimum absolute atomic E-state index is 0.00647. The van der Waals surface area contributed by atoms with Gasteiger partial charge in [-0.3, -0.25) is 14.6 Å². The van der Waals surface area contributed by atoms with Gasteiger partial charge in [-0.05, 0) is 55.9 Å². The number of carbonyl (C=O) groups is 2. The van der Waals surface area contributed by atoms with Gasteiger partial charge in [-0.15, -0.1) is 0 Å². The molecule has 3 N–H and O–H groups in total. The predicted octanol–water partition coefficient (Wildman–Crippen LogP) is 4.57. The van der Waals surface area contributed by atoms with Gasteiger partial charge in [-0.25, -0.2) is 9.97 Å². The van der Waals surface area contributed by atoms with Gasteiger partial charge in [0.25, 0.3) is 0 Å². The first-order chi connectivity index (χ1) is 17.6. The predicted molar refractivity (Wildman–Crippen MR) is 139 cm³/mol. The maximum atomic E-state index is 13.2. The Morgan fingerprint density at radius 3 is 2.64 bits per heavy atom. The minimum atomic E-state index is -0.184. The summed E-state index contributed by atoms with van der Waals surface area (Å²) in [5.74, 6) is 0.546. The lowest BCUT2D eigenvalue weighted by Gasteiger charge is -2.29. The molecule has 0 radical (unpaired) electrons. The Balaban J connectivity index is 1.21. The number of ketones is 1. The number of aromatic amines is 1. The summed E-state index contributed by atoms with van der Waals surface area (Å²) in [5, 5.41) is 7.62. The average Bonchev–Trinajstić information content (AvgIpc) is 3.35. The van der Waals surface area contributed by atoms with Gasteiger partial charge in [-0.1, -0.05) is 29.8 Å². The molecule has 0 aliphatic heterocycles. The summed E-state index contributed by atoms with van der Waals surface area (Å²) in [5.41, 5.74) is 2.61. The Hall–Kier alpha value is -3.78. The van der Waals surface area contributed by atoms with E-state index in [-0.39, 0.29) is 23.7 Å². The van der Waals surface area contributed by atoms with Crippen molar-refractivity contribution in [3.8, 4) is 0 Å². The summed E-state index contributed by atoms with van der Waals surface area (Å²) in [6, 6.07) is 11.1. The van der Waals surface area contributed by atoms with Crippen LogP contribution in [0.1, 0.15) is 47.2 Å². The molecule has 1 saturated carbocycles. The number of hydrogen-bond donors (Lipinski definition) is 3. The van der Waals surface area contributed by atoms with Crippen molar-refractivity contribution in [2.75, 3.05) is 11.9 Å². The summed E-state index contributed by atoms with van der Waals surface area (Å²) < 4.78 is 0. The molecule has 0 atom stereocenters. The van der Waals surface area contributed by atoms with Crippen LogP contribution in [0.25, 0.3) is 11.0 Å². The molecule has 9 heteroatoms. The van der Waals surface area contributed by atoms with Gasteiger partial charge in [-0.2, -0.15) is 0 Å². The van der Waals surface area contributed by atoms with E-state index in [4.69, 9.17) is 11.6 Å². The van der Waals surface area contributed by atoms with Crippen molar-refractivity contribution in [2.24, 2.45) is 5.92 Å². The number of halogens is 1. The van der Waals surface area contributed by atoms with Crippen molar-refractivity contribution in [2.45, 2.75) is 38.1 Å². The summed E-state index contributed by atoms with van der Waals surface area (Å²) in [4.78, 5) is 41.8.